The second-order valence-corrected chi connectivity index (χ2v) is 5.67. The average molecular weight is 382 g/mol. The van der Waals surface area contributed by atoms with Crippen LogP contribution in [0.3, 0.4) is 0 Å². The van der Waals surface area contributed by atoms with Crippen LogP contribution in [0.1, 0.15) is 15.9 Å². The molecule has 0 radical (unpaired) electrons. The minimum absolute atomic E-state index is 0.120. The summed E-state index contributed by atoms with van der Waals surface area (Å²) in [6.07, 6.45) is -4.58. The lowest BCUT2D eigenvalue weighted by Crippen LogP contribution is -2.17. The number of nitrogens with one attached hydrogen (secondary N) is 1. The fraction of sp³-hybridized carbons (Fsp3) is 0.118. The summed E-state index contributed by atoms with van der Waals surface area (Å²) in [7, 11) is -1.73. The maximum absolute atomic E-state index is 12.8. The number of carbonyl (C=O) groups is 1. The third kappa shape index (κ3) is 3.74. The molecule has 10 heteroatoms. The molecular weight excluding hydrogens is 370 g/mol. The van der Waals surface area contributed by atoms with Crippen LogP contribution >= 0.6 is 0 Å². The minimum atomic E-state index is -4.58. The first-order valence-electron chi connectivity index (χ1n) is 7.69. The van der Waals surface area contributed by atoms with Crippen LogP contribution in [-0.4, -0.2) is 17.9 Å². The summed E-state index contributed by atoms with van der Waals surface area (Å²) >= 11 is 0. The Labute approximate surface area is 150 Å². The predicted octanol–water partition coefficient (Wildman–Crippen LogP) is 4.75. The highest BCUT2D eigenvalue weighted by atomic mass is 19.4. The third-order valence-corrected chi connectivity index (χ3v) is 3.93. The van der Waals surface area contributed by atoms with Crippen LogP contribution < -0.4 is 9.97 Å². The van der Waals surface area contributed by atoms with Gasteiger partial charge in [-0.05, 0) is 24.3 Å². The van der Waals surface area contributed by atoms with Crippen LogP contribution in [0, 0.1) is 0 Å². The number of aromatic nitrogens is 1. The molecule has 1 aromatic heterocycles. The lowest BCUT2D eigenvalue weighted by molar-refractivity contribution is -0.137. The Morgan fingerprint density at radius 3 is 2.48 bits per heavy atom. The van der Waals surface area contributed by atoms with E-state index < -0.39 is 25.1 Å². The number of nitrogens with zero attached hydrogens (tertiary/aromatic N) is 1. The molecule has 0 saturated heterocycles. The molecule has 1 amide bonds. The van der Waals surface area contributed by atoms with Gasteiger partial charge in [-0.25, -0.2) is 8.63 Å². The number of hydrogen-bond acceptors (Lipinski definition) is 2. The molecule has 0 aliphatic carbocycles. The number of halogens is 5. The zero-order valence-corrected chi connectivity index (χ0v) is 13.8. The van der Waals surface area contributed by atoms with Gasteiger partial charge >= 0.3 is 13.6 Å². The van der Waals surface area contributed by atoms with Gasteiger partial charge in [0.1, 0.15) is 5.56 Å². The van der Waals surface area contributed by atoms with E-state index in [2.05, 4.69) is 9.97 Å². The van der Waals surface area contributed by atoms with E-state index in [9.17, 15) is 26.6 Å². The number of carbonyl (C=O) groups excluding carboxylic acids is 1. The summed E-state index contributed by atoms with van der Waals surface area (Å²) < 4.78 is 69.8. The Morgan fingerprint density at radius 2 is 1.81 bits per heavy atom. The molecular formula is C17H12BF5N2O2. The van der Waals surface area contributed by atoms with Crippen LogP contribution in [0.5, 0.6) is 5.88 Å². The summed E-state index contributed by atoms with van der Waals surface area (Å²) in [6, 6.07) is 10.4. The highest BCUT2D eigenvalue weighted by molar-refractivity contribution is 6.36. The summed E-state index contributed by atoms with van der Waals surface area (Å²) in [6.45, 7) is 0. The molecule has 3 rings (SSSR count). The molecule has 2 aromatic carbocycles. The van der Waals surface area contributed by atoms with Gasteiger partial charge in [0, 0.05) is 18.1 Å². The SMILES string of the molecule is Cn1c(OB(F)F)c(C(=O)Nc2cccc(C(F)(F)F)c2)c2ccccc21. The van der Waals surface area contributed by atoms with Crippen molar-refractivity contribution in [3.05, 3.63) is 59.7 Å². The van der Waals surface area contributed by atoms with Gasteiger partial charge in [-0.3, -0.25) is 4.79 Å². The standard InChI is InChI=1S/C17H12BF5N2O2/c1-25-13-8-3-2-7-12(13)14(16(25)27-18(22)23)15(26)24-11-6-4-5-10(9-11)17(19,20)21/h2-9H,1H3,(H,24,26). The topological polar surface area (TPSA) is 43.3 Å². The molecule has 1 N–H and O–H groups in total. The van der Waals surface area contributed by atoms with Crippen LogP contribution in [-0.2, 0) is 13.2 Å². The first-order valence-corrected chi connectivity index (χ1v) is 7.69. The molecule has 0 unspecified atom stereocenters. The van der Waals surface area contributed by atoms with E-state index in [0.29, 0.717) is 10.9 Å². The normalized spacial score (nSPS) is 11.5. The van der Waals surface area contributed by atoms with Crippen molar-refractivity contribution in [2.45, 2.75) is 6.18 Å². The van der Waals surface area contributed by atoms with Gasteiger partial charge in [0.05, 0.1) is 11.1 Å². The summed E-state index contributed by atoms with van der Waals surface area (Å²) in [5.74, 6) is -1.24. The first-order chi connectivity index (χ1) is 12.7. The van der Waals surface area contributed by atoms with Crippen LogP contribution in [0.4, 0.5) is 27.5 Å². The van der Waals surface area contributed by atoms with E-state index >= 15 is 0 Å². The monoisotopic (exact) mass is 382 g/mol. The molecule has 0 fully saturated rings. The summed E-state index contributed by atoms with van der Waals surface area (Å²) in [5.41, 5.74) is -0.791. The Balaban J connectivity index is 2.03. The van der Waals surface area contributed by atoms with E-state index in [1.54, 1.807) is 18.2 Å². The molecule has 0 bridgehead atoms. The van der Waals surface area contributed by atoms with Gasteiger partial charge < -0.3 is 14.5 Å². The number of anilines is 1. The lowest BCUT2D eigenvalue weighted by Gasteiger charge is -2.11. The lowest BCUT2D eigenvalue weighted by atomic mass is 10.1. The molecule has 4 nitrogen and oxygen atoms in total. The molecule has 0 aliphatic heterocycles. The van der Waals surface area contributed by atoms with E-state index in [-0.39, 0.29) is 17.1 Å². The number of alkyl halides is 3. The Morgan fingerprint density at radius 1 is 1.11 bits per heavy atom. The second-order valence-electron chi connectivity index (χ2n) is 5.67. The highest BCUT2D eigenvalue weighted by Crippen LogP contribution is 2.34. The second kappa shape index (κ2) is 6.94. The summed E-state index contributed by atoms with van der Waals surface area (Å²) in [4.78, 5) is 12.7. The fourth-order valence-corrected chi connectivity index (χ4v) is 2.78. The molecule has 0 saturated carbocycles. The quantitative estimate of drug-likeness (QED) is 0.523. The van der Waals surface area contributed by atoms with Crippen molar-refractivity contribution in [1.29, 1.82) is 0 Å². The van der Waals surface area contributed by atoms with Gasteiger partial charge in [-0.15, -0.1) is 0 Å². The van der Waals surface area contributed by atoms with Crippen molar-refractivity contribution < 1.29 is 31.3 Å². The Kier molecular flexibility index (Phi) is 4.82. The largest absolute Gasteiger partial charge is 0.797 e. The van der Waals surface area contributed by atoms with E-state index in [1.807, 2.05) is 0 Å². The number of aryl methyl sites for hydroxylation is 1. The van der Waals surface area contributed by atoms with Crippen molar-refractivity contribution in [2.75, 3.05) is 5.32 Å². The molecule has 3 aromatic rings. The molecule has 140 valence electrons. The van der Waals surface area contributed by atoms with Crippen molar-refractivity contribution in [3.63, 3.8) is 0 Å². The van der Waals surface area contributed by atoms with Gasteiger partial charge in [-0.2, -0.15) is 13.2 Å². The van der Waals surface area contributed by atoms with Crippen LogP contribution in [0.15, 0.2) is 48.5 Å². The summed E-state index contributed by atoms with van der Waals surface area (Å²) in [5, 5.41) is 2.65. The average Bonchev–Trinajstić information content (AvgIpc) is 2.86. The van der Waals surface area contributed by atoms with Crippen LogP contribution in [0.25, 0.3) is 10.9 Å². The van der Waals surface area contributed by atoms with Gasteiger partial charge in [-0.1, -0.05) is 24.3 Å². The smallest absolute Gasteiger partial charge is 0.491 e. The van der Waals surface area contributed by atoms with Crippen molar-refractivity contribution in [1.82, 2.24) is 4.57 Å². The minimum Gasteiger partial charge on any atom is -0.491 e. The maximum atomic E-state index is 12.8. The number of amides is 1. The predicted molar refractivity (Wildman–Crippen MR) is 90.9 cm³/mol. The maximum Gasteiger partial charge on any atom is 0.797 e. The van der Waals surface area contributed by atoms with Crippen LogP contribution in [0.2, 0.25) is 0 Å². The van der Waals surface area contributed by atoms with E-state index in [4.69, 9.17) is 0 Å². The molecule has 0 spiro atoms. The molecule has 0 atom stereocenters. The van der Waals surface area contributed by atoms with Crippen molar-refractivity contribution >= 4 is 30.0 Å². The molecule has 0 aliphatic rings. The zero-order chi connectivity index (χ0) is 19.8. The number of rotatable bonds is 4. The van der Waals surface area contributed by atoms with Gasteiger partial charge in [0.15, 0.2) is 5.88 Å². The molecule has 1 heterocycles. The zero-order valence-electron chi connectivity index (χ0n) is 13.8. The van der Waals surface area contributed by atoms with E-state index in [0.717, 1.165) is 18.2 Å². The Hall–Kier alpha value is -3.04. The van der Waals surface area contributed by atoms with Gasteiger partial charge in [0.2, 0.25) is 0 Å². The van der Waals surface area contributed by atoms with Crippen molar-refractivity contribution in [2.24, 2.45) is 7.05 Å². The third-order valence-electron chi connectivity index (χ3n) is 3.93. The van der Waals surface area contributed by atoms with E-state index in [1.165, 1.54) is 23.7 Å². The first kappa shape index (κ1) is 18.7. The highest BCUT2D eigenvalue weighted by Gasteiger charge is 2.31. The van der Waals surface area contributed by atoms with Crippen molar-refractivity contribution in [3.8, 4) is 5.88 Å². The number of fused-ring (bicyclic) bond motifs is 1. The number of hydrogen-bond donors (Lipinski definition) is 1. The molecule has 27 heavy (non-hydrogen) atoms. The number of benzene rings is 2. The fourth-order valence-electron chi connectivity index (χ4n) is 2.78. The Bertz CT molecular complexity index is 1000. The van der Waals surface area contributed by atoms with Gasteiger partial charge in [0.25, 0.3) is 5.91 Å². The number of para-hydroxylation sites is 1.